The van der Waals surface area contributed by atoms with Crippen LogP contribution in [-0.4, -0.2) is 87.3 Å². The van der Waals surface area contributed by atoms with Gasteiger partial charge in [0.25, 0.3) is 0 Å². The number of halogens is 2. The van der Waals surface area contributed by atoms with Crippen LogP contribution >= 0.6 is 23.2 Å². The van der Waals surface area contributed by atoms with Crippen LogP contribution in [0.5, 0.6) is 34.5 Å². The molecule has 18 nitrogen and oxygen atoms in total. The average Bonchev–Trinajstić information content (AvgIpc) is 3.39. The number of benzene rings is 4. The normalized spacial score (nSPS) is 11.8. The van der Waals surface area contributed by atoms with Gasteiger partial charge >= 0.3 is 5.97 Å². The van der Waals surface area contributed by atoms with Crippen LogP contribution in [0.25, 0.3) is 11.1 Å². The van der Waals surface area contributed by atoms with Crippen molar-refractivity contribution in [2.45, 2.75) is 70.7 Å². The molecule has 4 aromatic carbocycles. The van der Waals surface area contributed by atoms with Gasteiger partial charge in [-0.3, -0.25) is 14.8 Å². The maximum atomic E-state index is 11.8. The van der Waals surface area contributed by atoms with Gasteiger partial charge in [0.1, 0.15) is 79.1 Å². The number of hydrogen-bond acceptors (Lipinski definition) is 17. The number of rotatable bonds is 27. The fourth-order valence-corrected chi connectivity index (χ4v) is 8.00. The maximum Gasteiger partial charge on any atom is 0.320 e. The van der Waals surface area contributed by atoms with Crippen molar-refractivity contribution < 1.29 is 58.7 Å². The van der Waals surface area contributed by atoms with Crippen molar-refractivity contribution >= 4 is 29.2 Å². The highest BCUT2D eigenvalue weighted by Gasteiger charge is 2.23. The number of aliphatic hydroxyl groups excluding tert-OH is 3. The van der Waals surface area contributed by atoms with Crippen molar-refractivity contribution in [1.82, 2.24) is 20.6 Å². The molecule has 2 atom stereocenters. The first-order valence-corrected chi connectivity index (χ1v) is 23.1. The predicted molar refractivity (Wildman–Crippen MR) is 264 cm³/mol. The second kappa shape index (κ2) is 26.8. The summed E-state index contributed by atoms with van der Waals surface area (Å²) in [6.07, 6.45) is 4.34. The Labute approximate surface area is 425 Å². The number of aromatic nitrogens is 2. The van der Waals surface area contributed by atoms with E-state index in [0.29, 0.717) is 78.6 Å². The molecule has 0 aliphatic carbocycles. The van der Waals surface area contributed by atoms with Crippen LogP contribution in [0.1, 0.15) is 57.3 Å². The predicted octanol–water partition coefficient (Wildman–Crippen LogP) is 6.60. The maximum absolute atomic E-state index is 11.8. The molecule has 0 bridgehead atoms. The first kappa shape index (κ1) is 54.1. The van der Waals surface area contributed by atoms with Gasteiger partial charge in [-0.05, 0) is 37.1 Å². The number of carboxylic acids is 1. The molecule has 2 aromatic heterocycles. The third kappa shape index (κ3) is 14.4. The molecule has 2 unspecified atom stereocenters. The van der Waals surface area contributed by atoms with E-state index in [9.17, 15) is 40.9 Å². The third-order valence-electron chi connectivity index (χ3n) is 11.1. The number of nitrogens with zero attached hydrogens (tertiary/aromatic N) is 4. The van der Waals surface area contributed by atoms with Gasteiger partial charge < -0.3 is 64.6 Å². The molecule has 7 N–H and O–H groups in total. The molecule has 0 aliphatic heterocycles. The molecule has 6 rings (SSSR count). The zero-order valence-electron chi connectivity index (χ0n) is 39.2. The quantitative estimate of drug-likeness (QED) is 0.0268. The lowest BCUT2D eigenvalue weighted by atomic mass is 9.98. The van der Waals surface area contributed by atoms with E-state index in [4.69, 9.17) is 51.6 Å². The molecule has 0 fully saturated rings. The molecular weight excluding hydrogens is 972 g/mol. The van der Waals surface area contributed by atoms with Gasteiger partial charge in [0.15, 0.2) is 6.29 Å². The number of aliphatic carboxylic acids is 1. The van der Waals surface area contributed by atoms with Crippen molar-refractivity contribution in [1.29, 1.82) is 10.5 Å². The fraction of sp³-hybridized carbons (Fsp3) is 0.288. The summed E-state index contributed by atoms with van der Waals surface area (Å²) in [5, 5.41) is 73.4. The van der Waals surface area contributed by atoms with Crippen molar-refractivity contribution in [3.8, 4) is 57.8 Å². The number of aliphatic hydroxyl groups is 4. The number of para-hydroxylation sites is 2. The van der Waals surface area contributed by atoms with Crippen LogP contribution in [-0.2, 0) is 44.3 Å². The first-order valence-electron chi connectivity index (χ1n) is 22.3. The van der Waals surface area contributed by atoms with E-state index in [1.807, 2.05) is 36.4 Å². The van der Waals surface area contributed by atoms with Gasteiger partial charge in [0.2, 0.25) is 0 Å². The van der Waals surface area contributed by atoms with Crippen molar-refractivity contribution in [3.05, 3.63) is 152 Å². The number of ether oxygens (including phenoxy) is 6. The smallest absolute Gasteiger partial charge is 0.320 e. The van der Waals surface area contributed by atoms with Crippen molar-refractivity contribution in [2.24, 2.45) is 0 Å². The lowest BCUT2D eigenvalue weighted by Gasteiger charge is -2.22. The summed E-state index contributed by atoms with van der Waals surface area (Å²) in [5.74, 6) is 1.04. The highest BCUT2D eigenvalue weighted by molar-refractivity contribution is 6.32. The van der Waals surface area contributed by atoms with Gasteiger partial charge in [0.05, 0.1) is 41.4 Å². The molecule has 0 saturated heterocycles. The van der Waals surface area contributed by atoms with Crippen molar-refractivity contribution in [2.75, 3.05) is 27.4 Å². The highest BCUT2D eigenvalue weighted by Crippen LogP contribution is 2.42. The molecule has 72 heavy (non-hydrogen) atoms. The molecule has 0 saturated carbocycles. The number of methoxy groups -OCH3 is 2. The molecule has 2 heterocycles. The molecule has 0 radical (unpaired) electrons. The van der Waals surface area contributed by atoms with Crippen molar-refractivity contribution in [3.63, 3.8) is 0 Å². The minimum atomic E-state index is -1.74. The number of carbonyl (C=O) groups is 1. The Bertz CT molecular complexity index is 2890. The molecule has 6 aromatic rings. The summed E-state index contributed by atoms with van der Waals surface area (Å²) in [4.78, 5) is 20.0. The van der Waals surface area contributed by atoms with E-state index in [1.54, 1.807) is 48.8 Å². The highest BCUT2D eigenvalue weighted by atomic mass is 35.5. The van der Waals surface area contributed by atoms with E-state index in [1.165, 1.54) is 26.6 Å². The Morgan fingerprint density at radius 3 is 1.50 bits per heavy atom. The zero-order chi connectivity index (χ0) is 51.6. The van der Waals surface area contributed by atoms with Gasteiger partial charge in [-0.2, -0.15) is 10.5 Å². The molecule has 20 heteroatoms. The second-order valence-electron chi connectivity index (χ2n) is 16.0. The van der Waals surface area contributed by atoms with Crippen LogP contribution < -0.4 is 39.1 Å². The topological polar surface area (TPSA) is 271 Å². The summed E-state index contributed by atoms with van der Waals surface area (Å²) in [6, 6.07) is 23.1. The van der Waals surface area contributed by atoms with E-state index in [2.05, 4.69) is 32.7 Å². The van der Waals surface area contributed by atoms with E-state index < -0.39 is 24.3 Å². The third-order valence-corrected chi connectivity index (χ3v) is 11.7. The Kier molecular flexibility index (Phi) is 20.2. The van der Waals surface area contributed by atoms with Gasteiger partial charge in [-0.25, -0.2) is 0 Å². The van der Waals surface area contributed by atoms with Crippen LogP contribution in [0, 0.1) is 22.7 Å². The Balaban J connectivity index is 1.24. The number of carboxylic acid groups (broad SMARTS) is 1. The Hall–Kier alpha value is -7.23. The molecule has 0 aliphatic rings. The Morgan fingerprint density at radius 2 is 1.08 bits per heavy atom. The monoisotopic (exact) mass is 1020 g/mol. The zero-order valence-corrected chi connectivity index (χ0v) is 40.7. The lowest BCUT2D eigenvalue weighted by Crippen LogP contribution is -2.40. The largest absolute Gasteiger partial charge is 0.496 e. The minimum absolute atomic E-state index is 0.00457. The molecule has 0 amide bonds. The summed E-state index contributed by atoms with van der Waals surface area (Å²) < 4.78 is 37.1. The fourth-order valence-electron chi connectivity index (χ4n) is 7.52. The molecular formula is C52H52Cl2N6O12. The van der Waals surface area contributed by atoms with Gasteiger partial charge in [-0.1, -0.05) is 59.6 Å². The number of hydrogen-bond donors (Lipinski definition) is 7. The van der Waals surface area contributed by atoms with E-state index >= 15 is 0 Å². The number of nitrogens with one attached hydrogen (secondary N) is 2. The van der Waals surface area contributed by atoms with Gasteiger partial charge in [-0.15, -0.1) is 0 Å². The van der Waals surface area contributed by atoms with E-state index in [-0.39, 0.29) is 87.1 Å². The lowest BCUT2D eigenvalue weighted by molar-refractivity contribution is -0.140. The van der Waals surface area contributed by atoms with Crippen LogP contribution in [0.4, 0.5) is 0 Å². The minimum Gasteiger partial charge on any atom is -0.496 e. The Morgan fingerprint density at radius 1 is 0.625 bits per heavy atom. The number of nitriles is 2. The van der Waals surface area contributed by atoms with Crippen LogP contribution in [0.15, 0.2) is 97.6 Å². The van der Waals surface area contributed by atoms with E-state index in [0.717, 1.165) is 0 Å². The number of pyridine rings is 2. The molecule has 0 spiro atoms. The second-order valence-corrected chi connectivity index (χ2v) is 16.8. The van der Waals surface area contributed by atoms with Crippen LogP contribution in [0.2, 0.25) is 10.0 Å². The van der Waals surface area contributed by atoms with Crippen LogP contribution in [0.3, 0.4) is 0 Å². The summed E-state index contributed by atoms with van der Waals surface area (Å²) in [7, 11) is 3.08. The SMILES string of the molecule is COc1c(COc2cc(OCc3cncc(C#N)c3)c(CNC(CCO)C(=O)O)cc2Cl)cccc1-c1cccc(COc2cc(OCc3cncc(C#N)c3)c(CNC(CCO)C(O)O)cc2Cl)c1OC. The summed E-state index contributed by atoms with van der Waals surface area (Å²) in [6.45, 7) is -0.449. The first-order chi connectivity index (χ1) is 34.9. The van der Waals surface area contributed by atoms with Gasteiger partial charge in [0, 0.05) is 108 Å². The summed E-state index contributed by atoms with van der Waals surface area (Å²) in [5.41, 5.74) is 5.68. The standard InChI is InChI=1S/C52H52Cl2N6O12/c1-67-49-35(29-71-47-17-45(69-27-33-13-31(19-55)21-57-23-33)37(15-41(47)53)25-59-43(9-11-61)51(63)64)5-3-7-39(49)40-8-4-6-36(50(40)68-2)30-72-48-18-46(70-28-34-14-32(20-56)22-58-24-34)38(16-42(48)54)26-60-44(10-12-62)52(65)66/h3-8,13-18,21-24,43-44,51,59-64H,9-12,25-30H2,1-2H3,(H,65,66). The average molecular weight is 1020 g/mol. The molecule has 376 valence electrons. The summed E-state index contributed by atoms with van der Waals surface area (Å²) >= 11 is 13.6.